The average Bonchev–Trinajstić information content (AvgIpc) is 2.39. The summed E-state index contributed by atoms with van der Waals surface area (Å²) < 4.78 is 38.9. The first kappa shape index (κ1) is 14.0. The Hall–Kier alpha value is -1.46. The van der Waals surface area contributed by atoms with Crippen LogP contribution in [-0.2, 0) is 12.8 Å². The van der Waals surface area contributed by atoms with Crippen LogP contribution in [0, 0.1) is 0 Å². The molecule has 1 nitrogen and oxygen atoms in total. The van der Waals surface area contributed by atoms with Gasteiger partial charge in [-0.3, -0.25) is 0 Å². The summed E-state index contributed by atoms with van der Waals surface area (Å²) in [6, 6.07) is 12.8. The molecule has 0 aliphatic rings. The predicted octanol–water partition coefficient (Wildman–Crippen LogP) is 4.35. The molecule has 0 fully saturated rings. The van der Waals surface area contributed by atoms with E-state index in [1.54, 1.807) is 24.3 Å². The molecule has 2 aromatic carbocycles. The maximum absolute atomic E-state index is 13.0. The highest BCUT2D eigenvalue weighted by Crippen LogP contribution is 2.39. The molecule has 2 aromatic rings. The molecule has 100 valence electrons. The fourth-order valence-corrected chi connectivity index (χ4v) is 2.57. The summed E-state index contributed by atoms with van der Waals surface area (Å²) in [7, 11) is 0. The highest BCUT2D eigenvalue weighted by molar-refractivity contribution is 7.99. The fourth-order valence-electron chi connectivity index (χ4n) is 1.60. The lowest BCUT2D eigenvalue weighted by atomic mass is 10.1. The summed E-state index contributed by atoms with van der Waals surface area (Å²) in [4.78, 5) is 0.876. The highest BCUT2D eigenvalue weighted by Gasteiger charge is 2.33. The number of hydrogen-bond donors (Lipinski definition) is 1. The average molecular weight is 284 g/mol. The van der Waals surface area contributed by atoms with Crippen molar-refractivity contribution in [1.82, 2.24) is 0 Å². The van der Waals surface area contributed by atoms with E-state index in [9.17, 15) is 13.2 Å². The van der Waals surface area contributed by atoms with E-state index in [1.807, 2.05) is 6.07 Å². The van der Waals surface area contributed by atoms with Crippen LogP contribution < -0.4 is 0 Å². The molecular weight excluding hydrogens is 273 g/mol. The van der Waals surface area contributed by atoms with E-state index >= 15 is 0 Å². The van der Waals surface area contributed by atoms with Gasteiger partial charge in [0.05, 0.1) is 12.2 Å². The Morgan fingerprint density at radius 3 is 2.26 bits per heavy atom. The van der Waals surface area contributed by atoms with Crippen LogP contribution in [0.2, 0.25) is 0 Å². The van der Waals surface area contributed by atoms with Crippen LogP contribution in [0.25, 0.3) is 0 Å². The summed E-state index contributed by atoms with van der Waals surface area (Å²) >= 11 is 1.06. The van der Waals surface area contributed by atoms with Crippen LogP contribution >= 0.6 is 11.8 Å². The monoisotopic (exact) mass is 284 g/mol. The molecular formula is C14H11F3OS. The Morgan fingerprint density at radius 2 is 1.68 bits per heavy atom. The quantitative estimate of drug-likeness (QED) is 0.904. The van der Waals surface area contributed by atoms with Crippen LogP contribution in [0.3, 0.4) is 0 Å². The van der Waals surface area contributed by atoms with E-state index in [0.29, 0.717) is 0 Å². The molecule has 0 aromatic heterocycles. The van der Waals surface area contributed by atoms with E-state index in [4.69, 9.17) is 5.11 Å². The molecule has 0 saturated heterocycles. The van der Waals surface area contributed by atoms with Gasteiger partial charge in [-0.2, -0.15) is 13.2 Å². The number of benzene rings is 2. The summed E-state index contributed by atoms with van der Waals surface area (Å²) in [6.07, 6.45) is -4.43. The summed E-state index contributed by atoms with van der Waals surface area (Å²) in [6.45, 7) is -0.403. The maximum atomic E-state index is 13.0. The molecule has 0 amide bonds. The number of halogens is 3. The standard InChI is InChI=1S/C14H11F3OS/c15-14(16,17)12-8-10(9-18)6-7-13(12)19-11-4-2-1-3-5-11/h1-8,18H,9H2. The molecule has 0 radical (unpaired) electrons. The minimum absolute atomic E-state index is 0.135. The van der Waals surface area contributed by atoms with E-state index < -0.39 is 18.3 Å². The van der Waals surface area contributed by atoms with Crippen LogP contribution in [0.5, 0.6) is 0 Å². The molecule has 0 aliphatic heterocycles. The molecule has 5 heteroatoms. The van der Waals surface area contributed by atoms with Gasteiger partial charge in [0.1, 0.15) is 0 Å². The van der Waals surface area contributed by atoms with Gasteiger partial charge in [0.2, 0.25) is 0 Å². The lowest BCUT2D eigenvalue weighted by Gasteiger charge is -2.13. The van der Waals surface area contributed by atoms with E-state index in [2.05, 4.69) is 0 Å². The molecule has 0 saturated carbocycles. The van der Waals surface area contributed by atoms with Crippen molar-refractivity contribution in [3.8, 4) is 0 Å². The summed E-state index contributed by atoms with van der Waals surface area (Å²) in [5, 5.41) is 8.93. The first-order valence-corrected chi connectivity index (χ1v) is 6.36. The summed E-state index contributed by atoms with van der Waals surface area (Å²) in [5.41, 5.74) is -0.461. The molecule has 0 spiro atoms. The van der Waals surface area contributed by atoms with Crippen molar-refractivity contribution in [2.75, 3.05) is 0 Å². The minimum atomic E-state index is -4.43. The number of hydrogen-bond acceptors (Lipinski definition) is 2. The van der Waals surface area contributed by atoms with Crippen LogP contribution in [0.15, 0.2) is 58.3 Å². The first-order valence-electron chi connectivity index (χ1n) is 5.54. The van der Waals surface area contributed by atoms with Crippen molar-refractivity contribution in [2.45, 2.75) is 22.6 Å². The minimum Gasteiger partial charge on any atom is -0.392 e. The Kier molecular flexibility index (Phi) is 4.17. The zero-order chi connectivity index (χ0) is 13.9. The van der Waals surface area contributed by atoms with Gasteiger partial charge >= 0.3 is 6.18 Å². The third-order valence-electron chi connectivity index (χ3n) is 2.50. The van der Waals surface area contributed by atoms with Crippen LogP contribution in [0.4, 0.5) is 13.2 Å². The van der Waals surface area contributed by atoms with Crippen molar-refractivity contribution in [3.05, 3.63) is 59.7 Å². The molecule has 0 aliphatic carbocycles. The maximum Gasteiger partial charge on any atom is 0.417 e. The molecule has 1 N–H and O–H groups in total. The SMILES string of the molecule is OCc1ccc(Sc2ccccc2)c(C(F)(F)F)c1. The first-order chi connectivity index (χ1) is 9.00. The Bertz CT molecular complexity index is 552. The van der Waals surface area contributed by atoms with E-state index in [1.165, 1.54) is 12.1 Å². The predicted molar refractivity (Wildman–Crippen MR) is 67.9 cm³/mol. The molecule has 2 rings (SSSR count). The topological polar surface area (TPSA) is 20.2 Å². The van der Waals surface area contributed by atoms with Gasteiger partial charge in [0, 0.05) is 9.79 Å². The molecule has 0 atom stereocenters. The van der Waals surface area contributed by atoms with Gasteiger partial charge in [-0.05, 0) is 29.8 Å². The lowest BCUT2D eigenvalue weighted by molar-refractivity contribution is -0.139. The third-order valence-corrected chi connectivity index (χ3v) is 3.59. The number of rotatable bonds is 3. The Balaban J connectivity index is 2.40. The van der Waals surface area contributed by atoms with Crippen LogP contribution in [-0.4, -0.2) is 5.11 Å². The van der Waals surface area contributed by atoms with E-state index in [-0.39, 0.29) is 10.5 Å². The van der Waals surface area contributed by atoms with E-state index in [0.717, 1.165) is 22.7 Å². The number of alkyl halides is 3. The smallest absolute Gasteiger partial charge is 0.392 e. The van der Waals surface area contributed by atoms with Gasteiger partial charge in [0.25, 0.3) is 0 Å². The zero-order valence-corrected chi connectivity index (χ0v) is 10.6. The lowest BCUT2D eigenvalue weighted by Crippen LogP contribution is -2.07. The highest BCUT2D eigenvalue weighted by atomic mass is 32.2. The van der Waals surface area contributed by atoms with Crippen LogP contribution in [0.1, 0.15) is 11.1 Å². The number of aliphatic hydroxyl groups excluding tert-OH is 1. The number of aliphatic hydroxyl groups is 1. The fraction of sp³-hybridized carbons (Fsp3) is 0.143. The second-order valence-corrected chi connectivity index (χ2v) is 5.02. The normalized spacial score (nSPS) is 11.6. The Morgan fingerprint density at radius 1 is 1.00 bits per heavy atom. The largest absolute Gasteiger partial charge is 0.417 e. The third kappa shape index (κ3) is 3.52. The van der Waals surface area contributed by atoms with Gasteiger partial charge in [-0.15, -0.1) is 0 Å². The zero-order valence-electron chi connectivity index (χ0n) is 9.82. The van der Waals surface area contributed by atoms with Crippen molar-refractivity contribution in [1.29, 1.82) is 0 Å². The molecule has 0 bridgehead atoms. The van der Waals surface area contributed by atoms with Gasteiger partial charge in [-0.25, -0.2) is 0 Å². The van der Waals surface area contributed by atoms with Gasteiger partial charge < -0.3 is 5.11 Å². The molecule has 0 unspecified atom stereocenters. The van der Waals surface area contributed by atoms with Gasteiger partial charge in [-0.1, -0.05) is 36.0 Å². The van der Waals surface area contributed by atoms with Crippen molar-refractivity contribution < 1.29 is 18.3 Å². The summed E-state index contributed by atoms with van der Waals surface area (Å²) in [5.74, 6) is 0. The van der Waals surface area contributed by atoms with Crippen molar-refractivity contribution in [3.63, 3.8) is 0 Å². The Labute approximate surface area is 113 Å². The van der Waals surface area contributed by atoms with Crippen molar-refractivity contribution in [2.24, 2.45) is 0 Å². The molecule has 19 heavy (non-hydrogen) atoms. The molecule has 0 heterocycles. The second kappa shape index (κ2) is 5.67. The van der Waals surface area contributed by atoms with Gasteiger partial charge in [0.15, 0.2) is 0 Å². The van der Waals surface area contributed by atoms with Crippen molar-refractivity contribution >= 4 is 11.8 Å². The second-order valence-electron chi connectivity index (χ2n) is 3.90.